The molecule has 0 saturated carbocycles. The number of halogens is 1. The lowest BCUT2D eigenvalue weighted by Crippen LogP contribution is -2.13. The lowest BCUT2D eigenvalue weighted by molar-refractivity contribution is 0.611. The smallest absolute Gasteiger partial charge is 0.270 e. The van der Waals surface area contributed by atoms with Crippen LogP contribution in [-0.4, -0.2) is 13.4 Å². The molecule has 0 aromatic carbocycles. The third kappa shape index (κ3) is 2.91. The maximum atomic E-state index is 11.6. The highest BCUT2D eigenvalue weighted by atomic mass is 35.7. The zero-order valence-electron chi connectivity index (χ0n) is 10.4. The first-order valence-electron chi connectivity index (χ1n) is 5.60. The Labute approximate surface area is 119 Å². The number of hydrogen-bond donors (Lipinski definition) is 1. The Hall–Kier alpha value is -1.11. The zero-order valence-corrected chi connectivity index (χ0v) is 12.7. The molecule has 0 saturated heterocycles. The monoisotopic (exact) mass is 317 g/mol. The van der Waals surface area contributed by atoms with Crippen LogP contribution < -0.4 is 5.56 Å². The summed E-state index contributed by atoms with van der Waals surface area (Å²) in [6.07, 6.45) is 0.620. The molecule has 0 unspecified atom stereocenters. The number of aromatic amines is 1. The van der Waals surface area contributed by atoms with Crippen LogP contribution in [-0.2, 0) is 15.5 Å². The van der Waals surface area contributed by atoms with Gasteiger partial charge in [-0.15, -0.1) is 11.3 Å². The van der Waals surface area contributed by atoms with Crippen LogP contribution in [0.2, 0.25) is 0 Å². The van der Waals surface area contributed by atoms with Gasteiger partial charge in [0, 0.05) is 32.4 Å². The molecule has 7 heteroatoms. The Morgan fingerprint density at radius 2 is 2.05 bits per heavy atom. The van der Waals surface area contributed by atoms with E-state index in [4.69, 9.17) is 10.7 Å². The molecule has 0 aliphatic heterocycles. The Kier molecular flexibility index (Phi) is 3.85. The van der Waals surface area contributed by atoms with E-state index in [1.807, 2.05) is 6.92 Å². The van der Waals surface area contributed by atoms with Gasteiger partial charge in [0.2, 0.25) is 0 Å². The first kappa shape index (κ1) is 14.3. The largest absolute Gasteiger partial charge is 0.326 e. The van der Waals surface area contributed by atoms with Crippen LogP contribution in [0.4, 0.5) is 0 Å². The number of rotatable bonds is 3. The molecule has 2 heterocycles. The third-order valence-electron chi connectivity index (χ3n) is 2.78. The predicted molar refractivity (Wildman–Crippen MR) is 77.5 cm³/mol. The highest BCUT2D eigenvalue weighted by Crippen LogP contribution is 2.33. The van der Waals surface area contributed by atoms with E-state index in [1.54, 1.807) is 19.1 Å². The van der Waals surface area contributed by atoms with Crippen molar-refractivity contribution in [2.24, 2.45) is 0 Å². The molecule has 0 radical (unpaired) electrons. The number of thiophene rings is 1. The SMILES string of the molecule is CCc1cc(-c2ccc(S(=O)(=O)Cl)s2)c(C)[nH]c1=O. The van der Waals surface area contributed by atoms with Crippen LogP contribution in [0.15, 0.2) is 27.2 Å². The van der Waals surface area contributed by atoms with E-state index in [0.29, 0.717) is 17.7 Å². The number of hydrogen-bond acceptors (Lipinski definition) is 4. The standard InChI is InChI=1S/C12H12ClNO3S2/c1-3-8-6-9(7(2)14-12(8)15)10-4-5-11(18-10)19(13,16)17/h4-6H,3H2,1-2H3,(H,14,15). The molecule has 0 amide bonds. The summed E-state index contributed by atoms with van der Waals surface area (Å²) in [5, 5.41) is 0. The molecule has 0 aliphatic rings. The first-order chi connectivity index (χ1) is 8.82. The summed E-state index contributed by atoms with van der Waals surface area (Å²) in [6, 6.07) is 4.96. The van der Waals surface area contributed by atoms with Crippen molar-refractivity contribution in [2.75, 3.05) is 0 Å². The van der Waals surface area contributed by atoms with Gasteiger partial charge in [-0.05, 0) is 31.5 Å². The summed E-state index contributed by atoms with van der Waals surface area (Å²) >= 11 is 1.09. The minimum Gasteiger partial charge on any atom is -0.326 e. The topological polar surface area (TPSA) is 67.0 Å². The predicted octanol–water partition coefficient (Wildman–Crippen LogP) is 2.90. The molecule has 2 aromatic heterocycles. The van der Waals surface area contributed by atoms with Gasteiger partial charge >= 0.3 is 0 Å². The minimum absolute atomic E-state index is 0.104. The van der Waals surface area contributed by atoms with Crippen molar-refractivity contribution in [1.29, 1.82) is 0 Å². The van der Waals surface area contributed by atoms with E-state index in [0.717, 1.165) is 21.8 Å². The second-order valence-corrected chi connectivity index (χ2v) is 7.95. The van der Waals surface area contributed by atoms with Crippen LogP contribution in [0, 0.1) is 6.92 Å². The maximum Gasteiger partial charge on any atom is 0.270 e. The molecule has 0 aliphatic carbocycles. The van der Waals surface area contributed by atoms with E-state index in [9.17, 15) is 13.2 Å². The number of aryl methyl sites for hydroxylation is 2. The molecule has 0 spiro atoms. The van der Waals surface area contributed by atoms with Gasteiger partial charge < -0.3 is 4.98 Å². The minimum atomic E-state index is -3.71. The van der Waals surface area contributed by atoms with Crippen molar-refractivity contribution >= 4 is 31.1 Å². The van der Waals surface area contributed by atoms with Gasteiger partial charge in [-0.2, -0.15) is 0 Å². The van der Waals surface area contributed by atoms with E-state index >= 15 is 0 Å². The summed E-state index contributed by atoms with van der Waals surface area (Å²) in [5.74, 6) is 0. The fraction of sp³-hybridized carbons (Fsp3) is 0.250. The highest BCUT2D eigenvalue weighted by Gasteiger charge is 2.15. The molecule has 4 nitrogen and oxygen atoms in total. The molecular weight excluding hydrogens is 306 g/mol. The average molecular weight is 318 g/mol. The van der Waals surface area contributed by atoms with Crippen LogP contribution >= 0.6 is 22.0 Å². The lowest BCUT2D eigenvalue weighted by Gasteiger charge is -2.05. The van der Waals surface area contributed by atoms with Crippen molar-refractivity contribution in [2.45, 2.75) is 24.5 Å². The second kappa shape index (κ2) is 5.11. The molecule has 0 bridgehead atoms. The van der Waals surface area contributed by atoms with E-state index in [-0.39, 0.29) is 9.77 Å². The Morgan fingerprint density at radius 1 is 1.37 bits per heavy atom. The van der Waals surface area contributed by atoms with Crippen LogP contribution in [0.3, 0.4) is 0 Å². The van der Waals surface area contributed by atoms with E-state index in [1.165, 1.54) is 6.07 Å². The summed E-state index contributed by atoms with van der Waals surface area (Å²) in [4.78, 5) is 15.2. The van der Waals surface area contributed by atoms with Crippen molar-refractivity contribution in [3.05, 3.63) is 39.8 Å². The van der Waals surface area contributed by atoms with Crippen molar-refractivity contribution in [3.8, 4) is 10.4 Å². The molecule has 2 aromatic rings. The van der Waals surface area contributed by atoms with Crippen molar-refractivity contribution < 1.29 is 8.42 Å². The van der Waals surface area contributed by atoms with Gasteiger partial charge in [0.25, 0.3) is 14.6 Å². The Balaban J connectivity index is 2.59. The average Bonchev–Trinajstić information content (AvgIpc) is 2.78. The molecule has 1 N–H and O–H groups in total. The summed E-state index contributed by atoms with van der Waals surface area (Å²) < 4.78 is 22.6. The third-order valence-corrected chi connectivity index (χ3v) is 5.99. The highest BCUT2D eigenvalue weighted by molar-refractivity contribution is 8.15. The number of pyridine rings is 1. The van der Waals surface area contributed by atoms with Gasteiger partial charge in [0.15, 0.2) is 0 Å². The Morgan fingerprint density at radius 3 is 2.58 bits per heavy atom. The van der Waals surface area contributed by atoms with Crippen LogP contribution in [0.1, 0.15) is 18.2 Å². The summed E-state index contributed by atoms with van der Waals surface area (Å²) in [5.41, 5.74) is 2.10. The summed E-state index contributed by atoms with van der Waals surface area (Å²) in [7, 11) is 1.60. The number of aromatic nitrogens is 1. The van der Waals surface area contributed by atoms with Gasteiger partial charge in [-0.1, -0.05) is 6.92 Å². The number of nitrogens with one attached hydrogen (secondary N) is 1. The maximum absolute atomic E-state index is 11.6. The van der Waals surface area contributed by atoms with Gasteiger partial charge in [-0.3, -0.25) is 4.79 Å². The number of H-pyrrole nitrogens is 1. The van der Waals surface area contributed by atoms with Crippen LogP contribution in [0.5, 0.6) is 0 Å². The zero-order chi connectivity index (χ0) is 14.2. The van der Waals surface area contributed by atoms with E-state index < -0.39 is 9.05 Å². The molecule has 102 valence electrons. The molecule has 0 fully saturated rings. The second-order valence-electron chi connectivity index (χ2n) is 4.07. The molecule has 19 heavy (non-hydrogen) atoms. The quantitative estimate of drug-likeness (QED) is 0.885. The fourth-order valence-electron chi connectivity index (χ4n) is 1.78. The summed E-state index contributed by atoms with van der Waals surface area (Å²) in [6.45, 7) is 3.68. The Bertz CT molecular complexity index is 775. The van der Waals surface area contributed by atoms with Gasteiger partial charge in [0.05, 0.1) is 0 Å². The van der Waals surface area contributed by atoms with Gasteiger partial charge in [0.1, 0.15) is 4.21 Å². The van der Waals surface area contributed by atoms with Crippen molar-refractivity contribution in [1.82, 2.24) is 4.98 Å². The van der Waals surface area contributed by atoms with Crippen LogP contribution in [0.25, 0.3) is 10.4 Å². The van der Waals surface area contributed by atoms with Gasteiger partial charge in [-0.25, -0.2) is 8.42 Å². The molecule has 0 atom stereocenters. The van der Waals surface area contributed by atoms with E-state index in [2.05, 4.69) is 4.98 Å². The normalized spacial score (nSPS) is 11.7. The van der Waals surface area contributed by atoms with Crippen molar-refractivity contribution in [3.63, 3.8) is 0 Å². The fourth-order valence-corrected chi connectivity index (χ4v) is 3.93. The first-order valence-corrected chi connectivity index (χ1v) is 8.73. The molecular formula is C12H12ClNO3S2. The molecule has 2 rings (SSSR count). The lowest BCUT2D eigenvalue weighted by atomic mass is 10.1.